The average molecular weight is 334 g/mol. The van der Waals surface area contributed by atoms with Crippen molar-refractivity contribution in [1.29, 1.82) is 0 Å². The summed E-state index contributed by atoms with van der Waals surface area (Å²) < 4.78 is 41.1. The number of aromatic amines is 1. The molecule has 23 heavy (non-hydrogen) atoms. The molecule has 1 heterocycles. The molecule has 0 aliphatic heterocycles. The number of aromatic nitrogens is 1. The van der Waals surface area contributed by atoms with Gasteiger partial charge in [0.2, 0.25) is 0 Å². The van der Waals surface area contributed by atoms with Crippen molar-refractivity contribution >= 4 is 32.6 Å². The van der Waals surface area contributed by atoms with E-state index in [1.54, 1.807) is 6.07 Å². The van der Waals surface area contributed by atoms with Gasteiger partial charge in [0.05, 0.1) is 10.9 Å². The lowest BCUT2D eigenvalue weighted by Crippen LogP contribution is -2.13. The van der Waals surface area contributed by atoms with Crippen molar-refractivity contribution in [1.82, 2.24) is 4.98 Å². The van der Waals surface area contributed by atoms with Crippen LogP contribution in [0.1, 0.15) is 10.4 Å². The number of carbonyl (C=O) groups is 1. The van der Waals surface area contributed by atoms with E-state index in [1.165, 1.54) is 42.6 Å². The highest BCUT2D eigenvalue weighted by Gasteiger charge is 2.21. The zero-order chi connectivity index (χ0) is 16.6. The van der Waals surface area contributed by atoms with E-state index in [2.05, 4.69) is 9.71 Å². The first-order valence-electron chi connectivity index (χ1n) is 6.50. The SMILES string of the molecule is O=C(O)c1cccc(NS(=O)(=O)c2c[nH]c3cccc(F)c23)c1. The summed E-state index contributed by atoms with van der Waals surface area (Å²) in [6.07, 6.45) is 1.19. The molecule has 1 aromatic heterocycles. The molecule has 2 aromatic carbocycles. The minimum atomic E-state index is -4.08. The molecule has 0 fully saturated rings. The number of H-pyrrole nitrogens is 1. The molecule has 0 spiro atoms. The third kappa shape index (κ3) is 2.76. The molecular weight excluding hydrogens is 323 g/mol. The lowest BCUT2D eigenvalue weighted by atomic mass is 10.2. The van der Waals surface area contributed by atoms with Gasteiger partial charge in [-0.3, -0.25) is 4.72 Å². The summed E-state index contributed by atoms with van der Waals surface area (Å²) in [6.45, 7) is 0. The maximum absolute atomic E-state index is 13.9. The fourth-order valence-corrected chi connectivity index (χ4v) is 3.49. The number of benzene rings is 2. The second-order valence-electron chi connectivity index (χ2n) is 4.81. The largest absolute Gasteiger partial charge is 0.478 e. The number of sulfonamides is 1. The van der Waals surface area contributed by atoms with Crippen LogP contribution in [-0.2, 0) is 10.0 Å². The number of nitrogens with one attached hydrogen (secondary N) is 2. The fourth-order valence-electron chi connectivity index (χ4n) is 2.25. The third-order valence-electron chi connectivity index (χ3n) is 3.27. The minimum Gasteiger partial charge on any atom is -0.478 e. The lowest BCUT2D eigenvalue weighted by molar-refractivity contribution is 0.0697. The molecule has 6 nitrogen and oxygen atoms in total. The van der Waals surface area contributed by atoms with Crippen LogP contribution < -0.4 is 4.72 Å². The van der Waals surface area contributed by atoms with Gasteiger partial charge in [0.1, 0.15) is 10.7 Å². The standard InChI is InChI=1S/C15H11FN2O4S/c16-11-5-2-6-12-14(11)13(8-17-12)23(21,22)18-10-4-1-3-9(7-10)15(19)20/h1-8,17-18H,(H,19,20). The lowest BCUT2D eigenvalue weighted by Gasteiger charge is -2.08. The van der Waals surface area contributed by atoms with Crippen LogP contribution >= 0.6 is 0 Å². The van der Waals surface area contributed by atoms with Crippen LogP contribution in [0.15, 0.2) is 53.6 Å². The van der Waals surface area contributed by atoms with Crippen molar-refractivity contribution in [3.05, 3.63) is 60.0 Å². The van der Waals surface area contributed by atoms with Gasteiger partial charge in [0.25, 0.3) is 10.0 Å². The number of halogens is 1. The number of carboxylic acid groups (broad SMARTS) is 1. The Kier molecular flexibility index (Phi) is 3.53. The van der Waals surface area contributed by atoms with Gasteiger partial charge in [0, 0.05) is 17.4 Å². The van der Waals surface area contributed by atoms with Crippen molar-refractivity contribution in [3.8, 4) is 0 Å². The van der Waals surface area contributed by atoms with Gasteiger partial charge in [-0.05, 0) is 30.3 Å². The average Bonchev–Trinajstić information content (AvgIpc) is 2.93. The van der Waals surface area contributed by atoms with E-state index < -0.39 is 21.8 Å². The Bertz CT molecular complexity index is 1010. The van der Waals surface area contributed by atoms with Crippen LogP contribution in [0, 0.1) is 5.82 Å². The van der Waals surface area contributed by atoms with Gasteiger partial charge in [-0.2, -0.15) is 0 Å². The molecule has 0 atom stereocenters. The number of fused-ring (bicyclic) bond motifs is 1. The number of carboxylic acids is 1. The Hall–Kier alpha value is -2.87. The van der Waals surface area contributed by atoms with Gasteiger partial charge in [-0.25, -0.2) is 17.6 Å². The molecule has 0 saturated heterocycles. The molecule has 0 radical (unpaired) electrons. The number of hydrogen-bond donors (Lipinski definition) is 3. The molecule has 3 rings (SSSR count). The van der Waals surface area contributed by atoms with E-state index in [1.807, 2.05) is 0 Å². The molecule has 118 valence electrons. The van der Waals surface area contributed by atoms with Crippen LogP contribution in [0.4, 0.5) is 10.1 Å². The Balaban J connectivity index is 2.05. The zero-order valence-electron chi connectivity index (χ0n) is 11.6. The van der Waals surface area contributed by atoms with Gasteiger partial charge >= 0.3 is 5.97 Å². The first-order valence-corrected chi connectivity index (χ1v) is 7.98. The van der Waals surface area contributed by atoms with Gasteiger partial charge in [-0.15, -0.1) is 0 Å². The van der Waals surface area contributed by atoms with Gasteiger partial charge in [0.15, 0.2) is 0 Å². The molecule has 3 N–H and O–H groups in total. The second-order valence-corrected chi connectivity index (χ2v) is 6.46. The second kappa shape index (κ2) is 5.40. The van der Waals surface area contributed by atoms with E-state index in [0.29, 0.717) is 5.52 Å². The van der Waals surface area contributed by atoms with Crippen molar-refractivity contribution in [2.75, 3.05) is 4.72 Å². The highest BCUT2D eigenvalue weighted by Crippen LogP contribution is 2.27. The first kappa shape index (κ1) is 15.0. The number of anilines is 1. The van der Waals surface area contributed by atoms with Crippen LogP contribution in [-0.4, -0.2) is 24.5 Å². The summed E-state index contributed by atoms with van der Waals surface area (Å²) in [4.78, 5) is 13.4. The predicted molar refractivity (Wildman–Crippen MR) is 82.5 cm³/mol. The summed E-state index contributed by atoms with van der Waals surface area (Å²) in [6, 6.07) is 9.54. The fraction of sp³-hybridized carbons (Fsp3) is 0. The molecule has 0 bridgehead atoms. The van der Waals surface area contributed by atoms with Crippen molar-refractivity contribution < 1.29 is 22.7 Å². The van der Waals surface area contributed by atoms with E-state index in [9.17, 15) is 17.6 Å². The smallest absolute Gasteiger partial charge is 0.335 e. The van der Waals surface area contributed by atoms with Gasteiger partial charge < -0.3 is 10.1 Å². The van der Waals surface area contributed by atoms with Crippen molar-refractivity contribution in [3.63, 3.8) is 0 Å². The highest BCUT2D eigenvalue weighted by molar-refractivity contribution is 7.93. The van der Waals surface area contributed by atoms with E-state index in [0.717, 1.165) is 0 Å². The quantitative estimate of drug-likeness (QED) is 0.683. The molecule has 0 amide bonds. The predicted octanol–water partition coefficient (Wildman–Crippen LogP) is 2.81. The van der Waals surface area contributed by atoms with E-state index >= 15 is 0 Å². The number of aromatic carboxylic acids is 1. The van der Waals surface area contributed by atoms with E-state index in [4.69, 9.17) is 5.11 Å². The number of hydrogen-bond acceptors (Lipinski definition) is 3. The normalized spacial score (nSPS) is 11.5. The summed E-state index contributed by atoms with van der Waals surface area (Å²) in [5, 5.41) is 8.89. The van der Waals surface area contributed by atoms with Crippen LogP contribution in [0.2, 0.25) is 0 Å². The summed E-state index contributed by atoms with van der Waals surface area (Å²) in [5.41, 5.74) is 0.371. The Morgan fingerprint density at radius 3 is 2.65 bits per heavy atom. The molecule has 3 aromatic rings. The first-order chi connectivity index (χ1) is 10.9. The topological polar surface area (TPSA) is 99.3 Å². The molecule has 0 unspecified atom stereocenters. The van der Waals surface area contributed by atoms with Crippen molar-refractivity contribution in [2.45, 2.75) is 4.90 Å². The Morgan fingerprint density at radius 2 is 1.91 bits per heavy atom. The Labute approximate surface area is 130 Å². The summed E-state index contributed by atoms with van der Waals surface area (Å²) in [5.74, 6) is -1.84. The molecule has 0 aliphatic rings. The van der Waals surface area contributed by atoms with Crippen LogP contribution in [0.3, 0.4) is 0 Å². The summed E-state index contributed by atoms with van der Waals surface area (Å²) in [7, 11) is -4.08. The maximum atomic E-state index is 13.9. The monoisotopic (exact) mass is 334 g/mol. The molecule has 8 heteroatoms. The minimum absolute atomic E-state index is 0.0469. The summed E-state index contributed by atoms with van der Waals surface area (Å²) >= 11 is 0. The third-order valence-corrected chi connectivity index (χ3v) is 4.68. The van der Waals surface area contributed by atoms with E-state index in [-0.39, 0.29) is 21.5 Å². The molecule has 0 saturated carbocycles. The highest BCUT2D eigenvalue weighted by atomic mass is 32.2. The zero-order valence-corrected chi connectivity index (χ0v) is 12.4. The number of rotatable bonds is 4. The van der Waals surface area contributed by atoms with Crippen molar-refractivity contribution in [2.24, 2.45) is 0 Å². The van der Waals surface area contributed by atoms with Crippen LogP contribution in [0.5, 0.6) is 0 Å². The van der Waals surface area contributed by atoms with Gasteiger partial charge in [-0.1, -0.05) is 12.1 Å². The Morgan fingerprint density at radius 1 is 1.17 bits per heavy atom. The maximum Gasteiger partial charge on any atom is 0.335 e. The van der Waals surface area contributed by atoms with Crippen LogP contribution in [0.25, 0.3) is 10.9 Å². The molecular formula is C15H11FN2O4S. The molecule has 0 aliphatic carbocycles.